The molecule has 0 spiro atoms. The zero-order valence-corrected chi connectivity index (χ0v) is 11.5. The first kappa shape index (κ1) is 12.6. The lowest BCUT2D eigenvalue weighted by atomic mass is 10.0. The molecule has 19 heavy (non-hydrogen) atoms. The molecule has 98 valence electrons. The van der Waals surface area contributed by atoms with Crippen LogP contribution in [0, 0.1) is 0 Å². The van der Waals surface area contributed by atoms with Crippen LogP contribution in [0.25, 0.3) is 0 Å². The molecule has 0 aromatic heterocycles. The summed E-state index contributed by atoms with van der Waals surface area (Å²) in [4.78, 5) is 0. The molecule has 2 N–H and O–H groups in total. The number of nitrogens with two attached hydrogens (primary N) is 1. The van der Waals surface area contributed by atoms with Crippen molar-refractivity contribution >= 4 is 11.8 Å². The largest absolute Gasteiger partial charge is 0.492 e. The molecule has 0 fully saturated rings. The van der Waals surface area contributed by atoms with Crippen molar-refractivity contribution in [3.05, 3.63) is 65.7 Å². The Kier molecular flexibility index (Phi) is 3.76. The minimum atomic E-state index is 0.0543. The lowest BCUT2D eigenvalue weighted by Gasteiger charge is -2.30. The maximum Gasteiger partial charge on any atom is 0.124 e. The molecule has 2 aromatic rings. The molecule has 0 bridgehead atoms. The Morgan fingerprint density at radius 3 is 2.63 bits per heavy atom. The monoisotopic (exact) mass is 271 g/mol. The van der Waals surface area contributed by atoms with Crippen molar-refractivity contribution in [1.29, 1.82) is 0 Å². The summed E-state index contributed by atoms with van der Waals surface area (Å²) < 4.78 is 5.79. The van der Waals surface area contributed by atoms with Crippen LogP contribution in [0.3, 0.4) is 0 Å². The van der Waals surface area contributed by atoms with E-state index in [2.05, 4.69) is 30.3 Å². The van der Waals surface area contributed by atoms with Crippen LogP contribution in [0.4, 0.5) is 0 Å². The molecule has 2 atom stereocenters. The first-order valence-corrected chi connectivity index (χ1v) is 7.52. The molecule has 2 unspecified atom stereocenters. The lowest BCUT2D eigenvalue weighted by Crippen LogP contribution is -2.33. The van der Waals surface area contributed by atoms with Gasteiger partial charge in [0.25, 0.3) is 0 Å². The average Bonchev–Trinajstić information content (AvgIpc) is 2.48. The SMILES string of the molecule is NC1c2ccccc2OCC1SCc1ccccc1. The molecule has 1 aliphatic rings. The van der Waals surface area contributed by atoms with Gasteiger partial charge in [-0.3, -0.25) is 0 Å². The highest BCUT2D eigenvalue weighted by molar-refractivity contribution is 7.99. The van der Waals surface area contributed by atoms with E-state index in [1.807, 2.05) is 36.0 Å². The van der Waals surface area contributed by atoms with Crippen molar-refractivity contribution in [3.63, 3.8) is 0 Å². The van der Waals surface area contributed by atoms with Crippen molar-refractivity contribution in [1.82, 2.24) is 0 Å². The Labute approximate surface area is 118 Å². The predicted molar refractivity (Wildman–Crippen MR) is 80.4 cm³/mol. The quantitative estimate of drug-likeness (QED) is 0.929. The zero-order chi connectivity index (χ0) is 13.1. The van der Waals surface area contributed by atoms with Gasteiger partial charge in [-0.15, -0.1) is 11.8 Å². The van der Waals surface area contributed by atoms with Crippen LogP contribution < -0.4 is 10.5 Å². The maximum atomic E-state index is 6.35. The highest BCUT2D eigenvalue weighted by Gasteiger charge is 2.27. The molecule has 0 saturated heterocycles. The van der Waals surface area contributed by atoms with E-state index in [-0.39, 0.29) is 6.04 Å². The van der Waals surface area contributed by atoms with Gasteiger partial charge in [0.1, 0.15) is 12.4 Å². The van der Waals surface area contributed by atoms with E-state index in [1.54, 1.807) is 0 Å². The van der Waals surface area contributed by atoms with E-state index in [0.717, 1.165) is 17.1 Å². The minimum Gasteiger partial charge on any atom is -0.492 e. The third kappa shape index (κ3) is 2.77. The molecule has 2 aromatic carbocycles. The Morgan fingerprint density at radius 2 is 1.79 bits per heavy atom. The minimum absolute atomic E-state index is 0.0543. The molecule has 1 heterocycles. The molecule has 1 aliphatic heterocycles. The van der Waals surface area contributed by atoms with Gasteiger partial charge < -0.3 is 10.5 Å². The van der Waals surface area contributed by atoms with E-state index in [0.29, 0.717) is 11.9 Å². The van der Waals surface area contributed by atoms with Gasteiger partial charge >= 0.3 is 0 Å². The fraction of sp³-hybridized carbons (Fsp3) is 0.250. The summed E-state index contributed by atoms with van der Waals surface area (Å²) >= 11 is 1.87. The summed E-state index contributed by atoms with van der Waals surface area (Å²) in [5, 5.41) is 0.315. The van der Waals surface area contributed by atoms with Gasteiger partial charge in [0.2, 0.25) is 0 Å². The van der Waals surface area contributed by atoms with Crippen molar-refractivity contribution in [2.75, 3.05) is 6.61 Å². The van der Waals surface area contributed by atoms with Gasteiger partial charge in [-0.1, -0.05) is 48.5 Å². The van der Waals surface area contributed by atoms with Gasteiger partial charge in [-0.25, -0.2) is 0 Å². The van der Waals surface area contributed by atoms with Crippen LogP contribution in [0.2, 0.25) is 0 Å². The number of hydrogen-bond donors (Lipinski definition) is 1. The van der Waals surface area contributed by atoms with Gasteiger partial charge in [0.15, 0.2) is 0 Å². The van der Waals surface area contributed by atoms with Crippen LogP contribution in [0.5, 0.6) is 5.75 Å². The van der Waals surface area contributed by atoms with Crippen molar-refractivity contribution < 1.29 is 4.74 Å². The first-order chi connectivity index (χ1) is 9.34. The molecular formula is C16H17NOS. The van der Waals surface area contributed by atoms with Gasteiger partial charge in [-0.2, -0.15) is 0 Å². The first-order valence-electron chi connectivity index (χ1n) is 6.47. The maximum absolute atomic E-state index is 6.35. The summed E-state index contributed by atoms with van der Waals surface area (Å²) in [6.07, 6.45) is 0. The molecule has 0 saturated carbocycles. The van der Waals surface area contributed by atoms with Gasteiger partial charge in [0.05, 0.1) is 5.25 Å². The van der Waals surface area contributed by atoms with Crippen molar-refractivity contribution in [3.8, 4) is 5.75 Å². The summed E-state index contributed by atoms with van der Waals surface area (Å²) in [6.45, 7) is 0.690. The van der Waals surface area contributed by atoms with E-state index in [4.69, 9.17) is 10.5 Å². The number of ether oxygens (including phenoxy) is 1. The van der Waals surface area contributed by atoms with Crippen LogP contribution in [-0.4, -0.2) is 11.9 Å². The normalized spacial score (nSPS) is 21.5. The molecule has 2 nitrogen and oxygen atoms in total. The van der Waals surface area contributed by atoms with Crippen LogP contribution in [-0.2, 0) is 5.75 Å². The van der Waals surface area contributed by atoms with Crippen LogP contribution in [0.1, 0.15) is 17.2 Å². The number of rotatable bonds is 3. The van der Waals surface area contributed by atoms with E-state index in [1.165, 1.54) is 5.56 Å². The second-order valence-electron chi connectivity index (χ2n) is 4.71. The highest BCUT2D eigenvalue weighted by Crippen LogP contribution is 2.36. The molecule has 3 heteroatoms. The Morgan fingerprint density at radius 1 is 1.05 bits per heavy atom. The Hall–Kier alpha value is -1.45. The molecule has 0 radical (unpaired) electrons. The van der Waals surface area contributed by atoms with Crippen molar-refractivity contribution in [2.24, 2.45) is 5.73 Å². The molecule has 3 rings (SSSR count). The van der Waals surface area contributed by atoms with Gasteiger partial charge in [0, 0.05) is 17.4 Å². The number of fused-ring (bicyclic) bond motifs is 1. The topological polar surface area (TPSA) is 35.2 Å². The summed E-state index contributed by atoms with van der Waals surface area (Å²) in [6, 6.07) is 18.6. The average molecular weight is 271 g/mol. The number of hydrogen-bond acceptors (Lipinski definition) is 3. The standard InChI is InChI=1S/C16H17NOS/c17-16-13-8-4-5-9-14(13)18-10-15(16)19-11-12-6-2-1-3-7-12/h1-9,15-16H,10-11,17H2. The van der Waals surface area contributed by atoms with E-state index < -0.39 is 0 Å². The van der Waals surface area contributed by atoms with Crippen LogP contribution in [0.15, 0.2) is 54.6 Å². The number of benzene rings is 2. The lowest BCUT2D eigenvalue weighted by molar-refractivity contribution is 0.276. The molecular weight excluding hydrogens is 254 g/mol. The van der Waals surface area contributed by atoms with E-state index in [9.17, 15) is 0 Å². The predicted octanol–water partition coefficient (Wildman–Crippen LogP) is 3.38. The molecule has 0 amide bonds. The second-order valence-corrected chi connectivity index (χ2v) is 5.94. The fourth-order valence-corrected chi connectivity index (χ4v) is 3.41. The third-order valence-electron chi connectivity index (χ3n) is 3.39. The molecule has 0 aliphatic carbocycles. The van der Waals surface area contributed by atoms with Crippen molar-refractivity contribution in [2.45, 2.75) is 17.0 Å². The van der Waals surface area contributed by atoms with Gasteiger partial charge in [-0.05, 0) is 11.6 Å². The Bertz CT molecular complexity index is 543. The van der Waals surface area contributed by atoms with E-state index >= 15 is 0 Å². The summed E-state index contributed by atoms with van der Waals surface area (Å²) in [5.74, 6) is 1.91. The third-order valence-corrected chi connectivity index (χ3v) is 4.75. The highest BCUT2D eigenvalue weighted by atomic mass is 32.2. The number of thioether (sulfide) groups is 1. The van der Waals surface area contributed by atoms with Crippen LogP contribution >= 0.6 is 11.8 Å². The number of para-hydroxylation sites is 1. The second kappa shape index (κ2) is 5.68. The fourth-order valence-electron chi connectivity index (χ4n) is 2.29. The summed E-state index contributed by atoms with van der Waals surface area (Å²) in [7, 11) is 0. The Balaban J connectivity index is 1.68. The zero-order valence-electron chi connectivity index (χ0n) is 10.7. The summed E-state index contributed by atoms with van der Waals surface area (Å²) in [5.41, 5.74) is 8.81. The smallest absolute Gasteiger partial charge is 0.124 e.